The van der Waals surface area contributed by atoms with Gasteiger partial charge in [0.05, 0.1) is 4.91 Å². The van der Waals surface area contributed by atoms with Crippen LogP contribution >= 0.6 is 11.8 Å². The fourth-order valence-corrected chi connectivity index (χ4v) is 3.54. The van der Waals surface area contributed by atoms with Crippen molar-refractivity contribution in [2.75, 3.05) is 0 Å². The van der Waals surface area contributed by atoms with Gasteiger partial charge in [-0.25, -0.2) is 0 Å². The summed E-state index contributed by atoms with van der Waals surface area (Å²) in [7, 11) is 0. The molecule has 0 bridgehead atoms. The van der Waals surface area contributed by atoms with Crippen molar-refractivity contribution in [1.29, 1.82) is 0 Å². The highest BCUT2D eigenvalue weighted by Gasteiger charge is 2.24. The standard InChI is InChI=1S/C23H17NO3S/c25-22-21(28-23(26)24-22)14-17-5-4-8-20(13-17)27-15-16-9-11-19(12-10-16)18-6-2-1-3-7-18/h1-14H,15H2,(H,24,25,26). The van der Waals surface area contributed by atoms with Gasteiger partial charge in [-0.05, 0) is 52.2 Å². The maximum atomic E-state index is 11.7. The molecule has 2 amide bonds. The number of imide groups is 1. The number of carbonyl (C=O) groups excluding carboxylic acids is 2. The third-order valence-electron chi connectivity index (χ3n) is 4.26. The molecule has 1 N–H and O–H groups in total. The monoisotopic (exact) mass is 387 g/mol. The number of thioether (sulfide) groups is 1. The molecule has 3 aromatic carbocycles. The summed E-state index contributed by atoms with van der Waals surface area (Å²) in [6, 6.07) is 26.0. The molecule has 1 saturated heterocycles. The average Bonchev–Trinajstić information content (AvgIpc) is 3.04. The maximum absolute atomic E-state index is 11.7. The van der Waals surface area contributed by atoms with Crippen molar-refractivity contribution >= 4 is 29.0 Å². The van der Waals surface area contributed by atoms with Crippen LogP contribution in [0.15, 0.2) is 83.8 Å². The minimum Gasteiger partial charge on any atom is -0.489 e. The number of carbonyl (C=O) groups is 2. The summed E-state index contributed by atoms with van der Waals surface area (Å²) < 4.78 is 5.89. The molecule has 0 atom stereocenters. The summed E-state index contributed by atoms with van der Waals surface area (Å²) in [6.07, 6.45) is 1.69. The Balaban J connectivity index is 1.42. The minimum absolute atomic E-state index is 0.345. The normalized spacial score (nSPS) is 14.9. The molecule has 0 aromatic heterocycles. The molecule has 0 radical (unpaired) electrons. The van der Waals surface area contributed by atoms with Gasteiger partial charge in [0.25, 0.3) is 11.1 Å². The molecule has 0 saturated carbocycles. The van der Waals surface area contributed by atoms with Crippen molar-refractivity contribution in [3.8, 4) is 16.9 Å². The van der Waals surface area contributed by atoms with Crippen molar-refractivity contribution in [3.63, 3.8) is 0 Å². The molecule has 28 heavy (non-hydrogen) atoms. The molecule has 1 aliphatic rings. The van der Waals surface area contributed by atoms with Crippen LogP contribution in [-0.4, -0.2) is 11.1 Å². The Labute approximate surface area is 167 Å². The second-order valence-electron chi connectivity index (χ2n) is 6.28. The van der Waals surface area contributed by atoms with E-state index in [1.165, 1.54) is 11.1 Å². The van der Waals surface area contributed by atoms with E-state index in [2.05, 4.69) is 41.7 Å². The lowest BCUT2D eigenvalue weighted by Gasteiger charge is -2.08. The number of benzene rings is 3. The SMILES string of the molecule is O=C1NC(=O)C(=Cc2cccc(OCc3ccc(-c4ccccc4)cc3)c2)S1. The predicted molar refractivity (Wildman–Crippen MR) is 112 cm³/mol. The Hall–Kier alpha value is -3.31. The third kappa shape index (κ3) is 4.32. The van der Waals surface area contributed by atoms with E-state index in [-0.39, 0.29) is 11.1 Å². The smallest absolute Gasteiger partial charge is 0.290 e. The van der Waals surface area contributed by atoms with E-state index in [0.29, 0.717) is 17.3 Å². The average molecular weight is 387 g/mol. The first kappa shape index (κ1) is 18.1. The number of amides is 2. The van der Waals surface area contributed by atoms with Crippen LogP contribution in [0, 0.1) is 0 Å². The molecule has 0 spiro atoms. The van der Waals surface area contributed by atoms with E-state index in [4.69, 9.17) is 4.74 Å². The van der Waals surface area contributed by atoms with Gasteiger partial charge in [0.2, 0.25) is 0 Å². The number of hydrogen-bond acceptors (Lipinski definition) is 4. The number of hydrogen-bond donors (Lipinski definition) is 1. The predicted octanol–water partition coefficient (Wildman–Crippen LogP) is 5.26. The lowest BCUT2D eigenvalue weighted by molar-refractivity contribution is -0.115. The molecule has 0 aliphatic carbocycles. The quantitative estimate of drug-likeness (QED) is 0.607. The van der Waals surface area contributed by atoms with Gasteiger partial charge >= 0.3 is 0 Å². The van der Waals surface area contributed by atoms with E-state index < -0.39 is 0 Å². The van der Waals surface area contributed by atoms with E-state index >= 15 is 0 Å². The Morgan fingerprint density at radius 2 is 1.61 bits per heavy atom. The molecule has 0 unspecified atom stereocenters. The van der Waals surface area contributed by atoms with Crippen molar-refractivity contribution < 1.29 is 14.3 Å². The van der Waals surface area contributed by atoms with E-state index in [9.17, 15) is 9.59 Å². The first-order chi connectivity index (χ1) is 13.7. The van der Waals surface area contributed by atoms with Gasteiger partial charge in [-0.15, -0.1) is 0 Å². The molecule has 138 valence electrons. The second kappa shape index (κ2) is 8.15. The highest BCUT2D eigenvalue weighted by Crippen LogP contribution is 2.27. The first-order valence-corrected chi connectivity index (χ1v) is 9.61. The first-order valence-electron chi connectivity index (χ1n) is 8.79. The van der Waals surface area contributed by atoms with E-state index in [1.54, 1.807) is 6.08 Å². The molecule has 1 heterocycles. The zero-order valence-corrected chi connectivity index (χ0v) is 15.7. The van der Waals surface area contributed by atoms with E-state index in [0.717, 1.165) is 22.9 Å². The van der Waals surface area contributed by atoms with Gasteiger partial charge in [-0.1, -0.05) is 66.7 Å². The van der Waals surface area contributed by atoms with Crippen LogP contribution in [0.5, 0.6) is 5.75 Å². The summed E-state index contributed by atoms with van der Waals surface area (Å²) in [5, 5.41) is 1.91. The summed E-state index contributed by atoms with van der Waals surface area (Å²) in [4.78, 5) is 23.3. The molecule has 4 rings (SSSR count). The second-order valence-corrected chi connectivity index (χ2v) is 7.29. The largest absolute Gasteiger partial charge is 0.489 e. The Kier molecular flexibility index (Phi) is 5.26. The molecule has 3 aromatic rings. The van der Waals surface area contributed by atoms with Gasteiger partial charge in [-0.2, -0.15) is 0 Å². The number of rotatable bonds is 5. The molecule has 1 aliphatic heterocycles. The fraction of sp³-hybridized carbons (Fsp3) is 0.0435. The lowest BCUT2D eigenvalue weighted by atomic mass is 10.0. The highest BCUT2D eigenvalue weighted by molar-refractivity contribution is 8.18. The van der Waals surface area contributed by atoms with Gasteiger partial charge < -0.3 is 4.74 Å². The van der Waals surface area contributed by atoms with Crippen LogP contribution < -0.4 is 10.1 Å². The van der Waals surface area contributed by atoms with Crippen LogP contribution in [0.1, 0.15) is 11.1 Å². The van der Waals surface area contributed by atoms with Crippen molar-refractivity contribution in [1.82, 2.24) is 5.32 Å². The van der Waals surface area contributed by atoms with Gasteiger partial charge in [0.1, 0.15) is 12.4 Å². The highest BCUT2D eigenvalue weighted by atomic mass is 32.2. The zero-order valence-electron chi connectivity index (χ0n) is 14.9. The lowest BCUT2D eigenvalue weighted by Crippen LogP contribution is -2.17. The summed E-state index contributed by atoms with van der Waals surface area (Å²) in [5.74, 6) is 0.344. The molecular weight excluding hydrogens is 370 g/mol. The Morgan fingerprint density at radius 1 is 0.857 bits per heavy atom. The third-order valence-corrected chi connectivity index (χ3v) is 5.08. The van der Waals surface area contributed by atoms with E-state index in [1.807, 2.05) is 42.5 Å². The van der Waals surface area contributed by atoms with Crippen molar-refractivity contribution in [2.24, 2.45) is 0 Å². The number of nitrogens with one attached hydrogen (secondary N) is 1. The maximum Gasteiger partial charge on any atom is 0.290 e. The Bertz CT molecular complexity index is 1040. The molecule has 1 fully saturated rings. The van der Waals surface area contributed by atoms with Crippen LogP contribution in [0.3, 0.4) is 0 Å². The number of ether oxygens (including phenoxy) is 1. The molecule has 5 heteroatoms. The molecular formula is C23H17NO3S. The van der Waals surface area contributed by atoms with Crippen LogP contribution in [0.25, 0.3) is 17.2 Å². The van der Waals surface area contributed by atoms with Crippen LogP contribution in [0.4, 0.5) is 4.79 Å². The van der Waals surface area contributed by atoms with Crippen molar-refractivity contribution in [2.45, 2.75) is 6.61 Å². The van der Waals surface area contributed by atoms with Crippen LogP contribution in [-0.2, 0) is 11.4 Å². The zero-order chi connectivity index (χ0) is 19.3. The topological polar surface area (TPSA) is 55.4 Å². The Morgan fingerprint density at radius 3 is 2.32 bits per heavy atom. The van der Waals surface area contributed by atoms with Gasteiger partial charge in [0.15, 0.2) is 0 Å². The molecule has 4 nitrogen and oxygen atoms in total. The summed E-state index contributed by atoms with van der Waals surface area (Å²) in [6.45, 7) is 0.447. The summed E-state index contributed by atoms with van der Waals surface area (Å²) >= 11 is 0.905. The van der Waals surface area contributed by atoms with Gasteiger partial charge in [-0.3, -0.25) is 14.9 Å². The van der Waals surface area contributed by atoms with Gasteiger partial charge in [0, 0.05) is 0 Å². The minimum atomic E-state index is -0.361. The fourth-order valence-electron chi connectivity index (χ4n) is 2.86. The van der Waals surface area contributed by atoms with Crippen molar-refractivity contribution in [3.05, 3.63) is 94.9 Å². The van der Waals surface area contributed by atoms with Crippen LogP contribution in [0.2, 0.25) is 0 Å². The summed E-state index contributed by atoms with van der Waals surface area (Å²) in [5.41, 5.74) is 4.23.